The zero-order valence-corrected chi connectivity index (χ0v) is 15.1. The Balaban J connectivity index is 1.48. The summed E-state index contributed by atoms with van der Waals surface area (Å²) >= 11 is 0. The average Bonchev–Trinajstić information content (AvgIpc) is 3.12. The topological polar surface area (TPSA) is 94.3 Å². The lowest BCUT2D eigenvalue weighted by Gasteiger charge is -2.07. The lowest BCUT2D eigenvalue weighted by Crippen LogP contribution is -2.05. The normalized spacial score (nSPS) is 11.2. The van der Waals surface area contributed by atoms with E-state index in [0.29, 0.717) is 23.7 Å². The molecule has 5 aromatic rings. The van der Waals surface area contributed by atoms with Crippen LogP contribution in [-0.4, -0.2) is 34.9 Å². The molecule has 0 bridgehead atoms. The summed E-state index contributed by atoms with van der Waals surface area (Å²) in [5.74, 6) is 1.35. The highest BCUT2D eigenvalue weighted by molar-refractivity contribution is 5.79. The van der Waals surface area contributed by atoms with E-state index in [-0.39, 0.29) is 0 Å². The van der Waals surface area contributed by atoms with Gasteiger partial charge in [-0.05, 0) is 42.3 Å². The van der Waals surface area contributed by atoms with Gasteiger partial charge in [0.05, 0.1) is 18.3 Å². The van der Waals surface area contributed by atoms with E-state index >= 15 is 0 Å². The minimum absolute atomic E-state index is 0.505. The highest BCUT2D eigenvalue weighted by Crippen LogP contribution is 2.18. The molecule has 0 atom stereocenters. The van der Waals surface area contributed by atoms with Crippen molar-refractivity contribution < 1.29 is 0 Å². The van der Waals surface area contributed by atoms with Crippen molar-refractivity contribution in [1.82, 2.24) is 34.9 Å². The number of aromatic nitrogens is 7. The molecule has 0 fully saturated rings. The molecule has 0 spiro atoms. The first-order valence-corrected chi connectivity index (χ1v) is 8.85. The van der Waals surface area contributed by atoms with Crippen LogP contribution in [0.25, 0.3) is 22.2 Å². The summed E-state index contributed by atoms with van der Waals surface area (Å²) in [6.07, 6.45) is 5.17. The molecule has 0 aliphatic rings. The largest absolute Gasteiger partial charge is 0.323 e. The molecule has 4 aromatic heterocycles. The number of fused-ring (bicyclic) bond motifs is 2. The Morgan fingerprint density at radius 1 is 1.00 bits per heavy atom. The maximum absolute atomic E-state index is 4.64. The van der Waals surface area contributed by atoms with Crippen molar-refractivity contribution >= 4 is 33.8 Å². The Bertz CT molecular complexity index is 1290. The van der Waals surface area contributed by atoms with E-state index in [9.17, 15) is 0 Å². The number of anilines is 2. The predicted molar refractivity (Wildman–Crippen MR) is 106 cm³/mol. The van der Waals surface area contributed by atoms with Gasteiger partial charge in [0.25, 0.3) is 0 Å². The fraction of sp³-hybridized carbons (Fsp3) is 0.100. The van der Waals surface area contributed by atoms with E-state index in [1.165, 1.54) is 0 Å². The number of aryl methyl sites for hydroxylation is 1. The lowest BCUT2D eigenvalue weighted by atomic mass is 10.1. The van der Waals surface area contributed by atoms with Gasteiger partial charge in [0.1, 0.15) is 5.82 Å². The third-order valence-electron chi connectivity index (χ3n) is 4.48. The fourth-order valence-electron chi connectivity index (χ4n) is 3.06. The molecule has 1 N–H and O–H groups in total. The fourth-order valence-corrected chi connectivity index (χ4v) is 3.06. The Kier molecular flexibility index (Phi) is 3.86. The van der Waals surface area contributed by atoms with E-state index in [2.05, 4.69) is 41.6 Å². The van der Waals surface area contributed by atoms with Gasteiger partial charge in [-0.15, -0.1) is 5.10 Å². The zero-order valence-electron chi connectivity index (χ0n) is 15.1. The molecule has 0 saturated heterocycles. The van der Waals surface area contributed by atoms with Gasteiger partial charge in [0, 0.05) is 17.8 Å². The van der Waals surface area contributed by atoms with E-state index in [4.69, 9.17) is 0 Å². The molecule has 1 aromatic carbocycles. The van der Waals surface area contributed by atoms with Gasteiger partial charge in [-0.25, -0.2) is 19.6 Å². The molecular weight excluding hydrogens is 352 g/mol. The minimum atomic E-state index is 0.505. The van der Waals surface area contributed by atoms with Crippen LogP contribution in [-0.2, 0) is 6.54 Å². The maximum Gasteiger partial charge on any atom is 0.221 e. The van der Waals surface area contributed by atoms with Gasteiger partial charge in [0.15, 0.2) is 11.5 Å². The number of nitrogens with zero attached hydrogens (tertiary/aromatic N) is 7. The molecule has 136 valence electrons. The molecule has 4 heterocycles. The third kappa shape index (κ3) is 3.01. The van der Waals surface area contributed by atoms with Crippen molar-refractivity contribution in [3.63, 3.8) is 0 Å². The molecule has 0 radical (unpaired) electrons. The van der Waals surface area contributed by atoms with Crippen LogP contribution in [0.5, 0.6) is 0 Å². The van der Waals surface area contributed by atoms with Gasteiger partial charge in [-0.1, -0.05) is 23.4 Å². The van der Waals surface area contributed by atoms with Crippen molar-refractivity contribution in [3.05, 3.63) is 72.2 Å². The molecule has 8 heteroatoms. The van der Waals surface area contributed by atoms with E-state index < -0.39 is 0 Å². The van der Waals surface area contributed by atoms with E-state index in [1.807, 2.05) is 43.3 Å². The first-order chi connectivity index (χ1) is 13.8. The van der Waals surface area contributed by atoms with Crippen molar-refractivity contribution in [3.8, 4) is 0 Å². The highest BCUT2D eigenvalue weighted by Gasteiger charge is 2.11. The summed E-state index contributed by atoms with van der Waals surface area (Å²) in [6.45, 7) is 2.53. The van der Waals surface area contributed by atoms with Crippen LogP contribution in [0.4, 0.5) is 11.6 Å². The second-order valence-electron chi connectivity index (χ2n) is 6.47. The van der Waals surface area contributed by atoms with Crippen molar-refractivity contribution in [2.24, 2.45) is 0 Å². The smallest absolute Gasteiger partial charge is 0.221 e. The van der Waals surface area contributed by atoms with Gasteiger partial charge in [-0.2, -0.15) is 0 Å². The second-order valence-corrected chi connectivity index (χ2v) is 6.47. The third-order valence-corrected chi connectivity index (χ3v) is 4.48. The van der Waals surface area contributed by atoms with Gasteiger partial charge in [0.2, 0.25) is 5.65 Å². The number of rotatable bonds is 4. The van der Waals surface area contributed by atoms with Crippen molar-refractivity contribution in [1.29, 1.82) is 0 Å². The molecule has 28 heavy (non-hydrogen) atoms. The average molecular weight is 368 g/mol. The Morgan fingerprint density at radius 3 is 2.82 bits per heavy atom. The lowest BCUT2D eigenvalue weighted by molar-refractivity contribution is 0.664. The first kappa shape index (κ1) is 16.2. The van der Waals surface area contributed by atoms with Crippen LogP contribution in [0.2, 0.25) is 0 Å². The summed E-state index contributed by atoms with van der Waals surface area (Å²) in [5, 5.41) is 12.6. The summed E-state index contributed by atoms with van der Waals surface area (Å²) in [5.41, 5.74) is 4.20. The van der Waals surface area contributed by atoms with Crippen LogP contribution < -0.4 is 5.32 Å². The second kappa shape index (κ2) is 6.66. The zero-order chi connectivity index (χ0) is 18.9. The number of nitrogens with one attached hydrogen (secondary N) is 1. The Labute approximate surface area is 160 Å². The number of benzene rings is 1. The van der Waals surface area contributed by atoms with Crippen LogP contribution in [0.1, 0.15) is 11.1 Å². The van der Waals surface area contributed by atoms with Crippen molar-refractivity contribution in [2.45, 2.75) is 13.5 Å². The predicted octanol–water partition coefficient (Wildman–Crippen LogP) is 3.26. The first-order valence-electron chi connectivity index (χ1n) is 8.85. The van der Waals surface area contributed by atoms with Gasteiger partial charge < -0.3 is 5.32 Å². The number of hydrogen-bond acceptors (Lipinski definition) is 7. The Morgan fingerprint density at radius 2 is 1.89 bits per heavy atom. The van der Waals surface area contributed by atoms with Crippen LogP contribution in [0, 0.1) is 6.92 Å². The summed E-state index contributed by atoms with van der Waals surface area (Å²) in [6, 6.07) is 14.0. The SMILES string of the molecule is Cc1cccnc1Nc1cnc2nnn(Cc3ccc4ncccc4c3)c2n1. The number of pyridine rings is 2. The molecular formula is C20H16N8. The minimum Gasteiger partial charge on any atom is -0.323 e. The molecule has 0 amide bonds. The maximum atomic E-state index is 4.64. The summed E-state index contributed by atoms with van der Waals surface area (Å²) in [4.78, 5) is 17.7. The quantitative estimate of drug-likeness (QED) is 0.520. The molecule has 0 aliphatic carbocycles. The summed E-state index contributed by atoms with van der Waals surface area (Å²) in [7, 11) is 0. The number of hydrogen-bond donors (Lipinski definition) is 1. The van der Waals surface area contributed by atoms with E-state index in [0.717, 1.165) is 27.8 Å². The standard InChI is InChI=1S/C20H16N8/c1-13-4-2-9-22-18(13)24-17-11-23-19-20(25-17)28(27-26-19)12-14-6-7-16-15(10-14)5-3-8-21-16/h2-11H,12H2,1H3,(H,22,24,25). The highest BCUT2D eigenvalue weighted by atomic mass is 15.5. The van der Waals surface area contributed by atoms with Crippen LogP contribution in [0.15, 0.2) is 61.1 Å². The molecule has 5 rings (SSSR count). The molecule has 0 aliphatic heterocycles. The molecule has 0 saturated carbocycles. The molecule has 0 unspecified atom stereocenters. The molecule has 8 nitrogen and oxygen atoms in total. The van der Waals surface area contributed by atoms with Crippen LogP contribution in [0.3, 0.4) is 0 Å². The Hall–Kier alpha value is -3.94. The van der Waals surface area contributed by atoms with Gasteiger partial charge >= 0.3 is 0 Å². The van der Waals surface area contributed by atoms with Crippen LogP contribution >= 0.6 is 0 Å². The monoisotopic (exact) mass is 368 g/mol. The summed E-state index contributed by atoms with van der Waals surface area (Å²) < 4.78 is 1.75. The van der Waals surface area contributed by atoms with Crippen molar-refractivity contribution in [2.75, 3.05) is 5.32 Å². The van der Waals surface area contributed by atoms with Gasteiger partial charge in [-0.3, -0.25) is 4.98 Å². The van der Waals surface area contributed by atoms with E-state index in [1.54, 1.807) is 23.3 Å².